The van der Waals surface area contributed by atoms with E-state index in [1.807, 2.05) is 29.0 Å². The van der Waals surface area contributed by atoms with Crippen LogP contribution in [0.1, 0.15) is 36.4 Å². The molecule has 148 valence electrons. The number of rotatable bonds is 5. The van der Waals surface area contributed by atoms with E-state index < -0.39 is 12.1 Å². The predicted molar refractivity (Wildman–Crippen MR) is 108 cm³/mol. The number of carbonyl (C=O) groups is 1. The molecule has 4 rings (SSSR count). The maximum Gasteiger partial charge on any atom is 0.239 e. The van der Waals surface area contributed by atoms with Crippen LogP contribution in [0, 0.1) is 16.0 Å². The van der Waals surface area contributed by atoms with Gasteiger partial charge in [-0.15, -0.1) is 0 Å². The molecule has 2 aromatic rings. The molecule has 1 saturated heterocycles. The summed E-state index contributed by atoms with van der Waals surface area (Å²) in [6.45, 7) is 0. The highest BCUT2D eigenvalue weighted by Gasteiger charge is 2.46. The molecule has 7 nitrogen and oxygen atoms in total. The van der Waals surface area contributed by atoms with E-state index in [2.05, 4.69) is 16.2 Å². The number of hydrazine groups is 1. The van der Waals surface area contributed by atoms with Gasteiger partial charge in [-0.2, -0.15) is 11.3 Å². The summed E-state index contributed by atoms with van der Waals surface area (Å²) in [6, 6.07) is 8.09. The standard InChI is InChI=1S/C19H21ClN4O3S/c20-13-3-1-11(2-4-13)17(12-7-8-28-10-12)21-19(25)18-15-9-14(24(26)27)5-6-16(15)22-23-18/h1-4,7-8,10,14-18,22-23H,5-6,9H2,(H,21,25). The Kier molecular flexibility index (Phi) is 5.63. The predicted octanol–water partition coefficient (Wildman–Crippen LogP) is 2.90. The van der Waals surface area contributed by atoms with Gasteiger partial charge in [-0.25, -0.2) is 5.43 Å². The minimum absolute atomic E-state index is 0.0853. The summed E-state index contributed by atoms with van der Waals surface area (Å²) in [5.41, 5.74) is 8.15. The molecule has 28 heavy (non-hydrogen) atoms. The van der Waals surface area contributed by atoms with E-state index >= 15 is 0 Å². The van der Waals surface area contributed by atoms with Crippen LogP contribution in [0.25, 0.3) is 0 Å². The molecule has 1 amide bonds. The maximum absolute atomic E-state index is 13.1. The third-order valence-electron chi connectivity index (χ3n) is 5.67. The Balaban J connectivity index is 1.53. The second kappa shape index (κ2) is 8.16. The number of halogens is 1. The lowest BCUT2D eigenvalue weighted by Crippen LogP contribution is -2.48. The van der Waals surface area contributed by atoms with Crippen molar-refractivity contribution in [3.8, 4) is 0 Å². The van der Waals surface area contributed by atoms with Crippen molar-refractivity contribution in [3.05, 3.63) is 67.4 Å². The van der Waals surface area contributed by atoms with Crippen LogP contribution in [-0.4, -0.2) is 29.0 Å². The van der Waals surface area contributed by atoms with Gasteiger partial charge in [0, 0.05) is 34.7 Å². The fourth-order valence-electron chi connectivity index (χ4n) is 4.17. The van der Waals surface area contributed by atoms with Gasteiger partial charge in [-0.05, 0) is 46.5 Å². The highest BCUT2D eigenvalue weighted by Crippen LogP contribution is 2.33. The van der Waals surface area contributed by atoms with Gasteiger partial charge in [-0.3, -0.25) is 20.3 Å². The van der Waals surface area contributed by atoms with E-state index in [0.717, 1.165) is 11.1 Å². The number of carbonyl (C=O) groups excluding carboxylic acids is 1. The van der Waals surface area contributed by atoms with Crippen molar-refractivity contribution in [3.63, 3.8) is 0 Å². The van der Waals surface area contributed by atoms with Crippen LogP contribution >= 0.6 is 22.9 Å². The van der Waals surface area contributed by atoms with Crippen molar-refractivity contribution in [2.75, 3.05) is 0 Å². The molecule has 2 heterocycles. The van der Waals surface area contributed by atoms with Crippen LogP contribution in [0.5, 0.6) is 0 Å². The lowest BCUT2D eigenvalue weighted by Gasteiger charge is -2.29. The van der Waals surface area contributed by atoms with E-state index in [4.69, 9.17) is 11.6 Å². The van der Waals surface area contributed by atoms with Gasteiger partial charge in [0.05, 0.1) is 6.04 Å². The number of amides is 1. The fourth-order valence-corrected chi connectivity index (χ4v) is 4.98. The summed E-state index contributed by atoms with van der Waals surface area (Å²) in [7, 11) is 0. The van der Waals surface area contributed by atoms with Crippen LogP contribution in [0.15, 0.2) is 41.1 Å². The van der Waals surface area contributed by atoms with E-state index in [1.165, 1.54) is 0 Å². The van der Waals surface area contributed by atoms with E-state index in [1.54, 1.807) is 23.5 Å². The first kappa shape index (κ1) is 19.3. The summed E-state index contributed by atoms with van der Waals surface area (Å²) >= 11 is 7.57. The number of benzene rings is 1. The van der Waals surface area contributed by atoms with E-state index in [0.29, 0.717) is 24.3 Å². The minimum atomic E-state index is -0.581. The van der Waals surface area contributed by atoms with E-state index in [9.17, 15) is 14.9 Å². The van der Waals surface area contributed by atoms with Gasteiger partial charge >= 0.3 is 0 Å². The molecule has 1 aromatic carbocycles. The summed E-state index contributed by atoms with van der Waals surface area (Å²) in [4.78, 5) is 24.1. The van der Waals surface area contributed by atoms with Crippen molar-refractivity contribution in [2.45, 2.75) is 43.4 Å². The van der Waals surface area contributed by atoms with Crippen LogP contribution in [0.2, 0.25) is 5.02 Å². The zero-order valence-electron chi connectivity index (χ0n) is 15.0. The van der Waals surface area contributed by atoms with Gasteiger partial charge < -0.3 is 5.32 Å². The normalized spacial score (nSPS) is 27.8. The quantitative estimate of drug-likeness (QED) is 0.510. The zero-order valence-corrected chi connectivity index (χ0v) is 16.6. The minimum Gasteiger partial charge on any atom is -0.344 e. The van der Waals surface area contributed by atoms with Crippen LogP contribution in [0.3, 0.4) is 0 Å². The Labute approximate surface area is 171 Å². The molecule has 0 radical (unpaired) electrons. The number of hydrogen-bond donors (Lipinski definition) is 3. The first-order valence-electron chi connectivity index (χ1n) is 9.25. The van der Waals surface area contributed by atoms with Gasteiger partial charge in [0.25, 0.3) is 0 Å². The SMILES string of the molecule is O=C(NC(c1ccc(Cl)cc1)c1ccsc1)C1NNC2CCC([N+](=O)[O-])CC21. The Morgan fingerprint density at radius 1 is 1.21 bits per heavy atom. The van der Waals surface area contributed by atoms with Crippen molar-refractivity contribution >= 4 is 28.8 Å². The molecule has 5 unspecified atom stereocenters. The monoisotopic (exact) mass is 420 g/mol. The lowest BCUT2D eigenvalue weighted by molar-refractivity contribution is -0.528. The van der Waals surface area contributed by atoms with Gasteiger partial charge in [0.1, 0.15) is 6.04 Å². The summed E-state index contributed by atoms with van der Waals surface area (Å²) in [5.74, 6) is -0.257. The first-order chi connectivity index (χ1) is 13.5. The van der Waals surface area contributed by atoms with E-state index in [-0.39, 0.29) is 28.8 Å². The van der Waals surface area contributed by atoms with Crippen molar-refractivity contribution < 1.29 is 9.72 Å². The molecular weight excluding hydrogens is 400 g/mol. The van der Waals surface area contributed by atoms with Crippen molar-refractivity contribution in [2.24, 2.45) is 5.92 Å². The maximum atomic E-state index is 13.1. The number of nitro groups is 1. The third-order valence-corrected chi connectivity index (χ3v) is 6.62. The smallest absolute Gasteiger partial charge is 0.239 e. The second-order valence-corrected chi connectivity index (χ2v) is 8.56. The first-order valence-corrected chi connectivity index (χ1v) is 10.6. The molecule has 3 N–H and O–H groups in total. The third kappa shape index (κ3) is 3.91. The largest absolute Gasteiger partial charge is 0.344 e. The Hall–Kier alpha value is -2.00. The van der Waals surface area contributed by atoms with Crippen LogP contribution < -0.4 is 16.2 Å². The molecule has 1 aromatic heterocycles. The number of nitrogens with one attached hydrogen (secondary N) is 3. The van der Waals surface area contributed by atoms with Crippen LogP contribution in [-0.2, 0) is 4.79 Å². The highest BCUT2D eigenvalue weighted by atomic mass is 35.5. The number of nitrogens with zero attached hydrogens (tertiary/aromatic N) is 1. The summed E-state index contributed by atoms with van der Waals surface area (Å²) in [6.07, 6.45) is 1.64. The highest BCUT2D eigenvalue weighted by molar-refractivity contribution is 7.08. The lowest BCUT2D eigenvalue weighted by atomic mass is 9.79. The number of fused-ring (bicyclic) bond motifs is 1. The molecular formula is C19H21ClN4O3S. The average molecular weight is 421 g/mol. The number of hydrogen-bond acceptors (Lipinski definition) is 6. The Morgan fingerprint density at radius 3 is 2.68 bits per heavy atom. The average Bonchev–Trinajstić information content (AvgIpc) is 3.36. The number of thiophene rings is 1. The topological polar surface area (TPSA) is 96.3 Å². The molecule has 1 saturated carbocycles. The fraction of sp³-hybridized carbons (Fsp3) is 0.421. The second-order valence-electron chi connectivity index (χ2n) is 7.34. The molecule has 0 spiro atoms. The van der Waals surface area contributed by atoms with Gasteiger partial charge in [0.2, 0.25) is 11.9 Å². The van der Waals surface area contributed by atoms with Gasteiger partial charge in [0.15, 0.2) is 0 Å². The summed E-state index contributed by atoms with van der Waals surface area (Å²) < 4.78 is 0. The molecule has 2 aliphatic rings. The molecule has 2 fully saturated rings. The Bertz CT molecular complexity index is 845. The Morgan fingerprint density at radius 2 is 2.00 bits per heavy atom. The summed E-state index contributed by atoms with van der Waals surface area (Å²) in [5, 5.41) is 19.0. The van der Waals surface area contributed by atoms with Crippen molar-refractivity contribution in [1.29, 1.82) is 0 Å². The molecule has 1 aliphatic carbocycles. The van der Waals surface area contributed by atoms with Crippen LogP contribution in [0.4, 0.5) is 0 Å². The molecule has 0 bridgehead atoms. The molecule has 1 aliphatic heterocycles. The van der Waals surface area contributed by atoms with Gasteiger partial charge in [-0.1, -0.05) is 23.7 Å². The zero-order chi connectivity index (χ0) is 19.7. The van der Waals surface area contributed by atoms with Crippen molar-refractivity contribution in [1.82, 2.24) is 16.2 Å². The molecule has 5 atom stereocenters. The molecule has 9 heteroatoms.